The molecule has 2 aromatic heterocycles. The molecule has 0 saturated heterocycles. The molecule has 0 aliphatic carbocycles. The average molecular weight is 365 g/mol. The molecule has 3 heteroatoms. The minimum atomic E-state index is 0.257. The van der Waals surface area contributed by atoms with E-state index in [1.165, 1.54) is 27.7 Å². The second-order valence-corrected chi connectivity index (χ2v) is 7.56. The molecule has 0 bridgehead atoms. The SMILES string of the molecule is Cc1ccc([C@H](C)c2cc3ccccc3n2-c2nc3ccccc3n2C)cc1. The number of benzene rings is 3. The van der Waals surface area contributed by atoms with Crippen LogP contribution in [0, 0.1) is 6.92 Å². The molecule has 28 heavy (non-hydrogen) atoms. The predicted molar refractivity (Wildman–Crippen MR) is 116 cm³/mol. The van der Waals surface area contributed by atoms with Crippen LogP contribution in [0.3, 0.4) is 0 Å². The third kappa shape index (κ3) is 2.55. The van der Waals surface area contributed by atoms with Crippen molar-refractivity contribution < 1.29 is 0 Å². The number of rotatable bonds is 3. The maximum absolute atomic E-state index is 4.98. The normalized spacial score (nSPS) is 12.7. The van der Waals surface area contributed by atoms with Gasteiger partial charge in [-0.2, -0.15) is 0 Å². The number of aryl methyl sites for hydroxylation is 2. The van der Waals surface area contributed by atoms with E-state index in [4.69, 9.17) is 4.98 Å². The van der Waals surface area contributed by atoms with Crippen LogP contribution in [-0.4, -0.2) is 14.1 Å². The summed E-state index contributed by atoms with van der Waals surface area (Å²) in [5.41, 5.74) is 7.20. The highest BCUT2D eigenvalue weighted by molar-refractivity contribution is 5.85. The van der Waals surface area contributed by atoms with E-state index in [-0.39, 0.29) is 5.92 Å². The van der Waals surface area contributed by atoms with E-state index in [9.17, 15) is 0 Å². The molecule has 0 spiro atoms. The van der Waals surface area contributed by atoms with Crippen LogP contribution in [0.15, 0.2) is 78.9 Å². The van der Waals surface area contributed by atoms with Gasteiger partial charge in [0.1, 0.15) is 0 Å². The van der Waals surface area contributed by atoms with E-state index < -0.39 is 0 Å². The fourth-order valence-electron chi connectivity index (χ4n) is 4.08. The van der Waals surface area contributed by atoms with Gasteiger partial charge in [-0.15, -0.1) is 0 Å². The van der Waals surface area contributed by atoms with Crippen molar-refractivity contribution in [2.75, 3.05) is 0 Å². The van der Waals surface area contributed by atoms with E-state index in [0.717, 1.165) is 17.0 Å². The first-order valence-corrected chi connectivity index (χ1v) is 9.72. The molecule has 0 amide bonds. The first kappa shape index (κ1) is 16.8. The minimum Gasteiger partial charge on any atom is -0.313 e. The maximum atomic E-state index is 4.98. The van der Waals surface area contributed by atoms with Gasteiger partial charge in [-0.25, -0.2) is 4.98 Å². The van der Waals surface area contributed by atoms with Crippen molar-refractivity contribution in [2.24, 2.45) is 7.05 Å². The molecular weight excluding hydrogens is 342 g/mol. The molecule has 0 radical (unpaired) electrons. The van der Waals surface area contributed by atoms with Gasteiger partial charge in [-0.1, -0.05) is 67.1 Å². The van der Waals surface area contributed by atoms with E-state index >= 15 is 0 Å². The lowest BCUT2D eigenvalue weighted by molar-refractivity contribution is 0.778. The van der Waals surface area contributed by atoms with E-state index in [1.807, 2.05) is 6.07 Å². The molecule has 2 heterocycles. The fourth-order valence-corrected chi connectivity index (χ4v) is 4.08. The van der Waals surface area contributed by atoms with Gasteiger partial charge in [0.15, 0.2) is 0 Å². The molecule has 0 fully saturated rings. The zero-order chi connectivity index (χ0) is 19.3. The summed E-state index contributed by atoms with van der Waals surface area (Å²) in [6.07, 6.45) is 0. The van der Waals surface area contributed by atoms with Crippen molar-refractivity contribution in [3.63, 3.8) is 0 Å². The average Bonchev–Trinajstić information content (AvgIpc) is 3.26. The third-order valence-electron chi connectivity index (χ3n) is 5.72. The van der Waals surface area contributed by atoms with Gasteiger partial charge in [0, 0.05) is 24.0 Å². The van der Waals surface area contributed by atoms with Crippen molar-refractivity contribution in [2.45, 2.75) is 19.8 Å². The van der Waals surface area contributed by atoms with Crippen molar-refractivity contribution >= 4 is 21.9 Å². The summed E-state index contributed by atoms with van der Waals surface area (Å²) in [6, 6.07) is 28.0. The first-order chi connectivity index (χ1) is 13.6. The lowest BCUT2D eigenvalue weighted by atomic mass is 9.96. The molecular formula is C25H23N3. The summed E-state index contributed by atoms with van der Waals surface area (Å²) in [4.78, 5) is 4.98. The van der Waals surface area contributed by atoms with Crippen LogP contribution < -0.4 is 0 Å². The first-order valence-electron chi connectivity index (χ1n) is 9.72. The molecule has 0 saturated carbocycles. The van der Waals surface area contributed by atoms with Crippen LogP contribution in [0.4, 0.5) is 0 Å². The number of para-hydroxylation sites is 3. The Balaban J connectivity index is 1.78. The summed E-state index contributed by atoms with van der Waals surface area (Å²) in [5.74, 6) is 1.21. The highest BCUT2D eigenvalue weighted by atomic mass is 15.2. The summed E-state index contributed by atoms with van der Waals surface area (Å²) >= 11 is 0. The molecule has 3 aromatic carbocycles. The van der Waals surface area contributed by atoms with Gasteiger partial charge in [0.25, 0.3) is 0 Å². The molecule has 5 rings (SSSR count). The van der Waals surface area contributed by atoms with Crippen molar-refractivity contribution in [1.29, 1.82) is 0 Å². The Hall–Kier alpha value is -3.33. The number of fused-ring (bicyclic) bond motifs is 2. The lowest BCUT2D eigenvalue weighted by Gasteiger charge is -2.17. The van der Waals surface area contributed by atoms with E-state index in [0.29, 0.717) is 0 Å². The van der Waals surface area contributed by atoms with Crippen LogP contribution in [0.1, 0.15) is 29.7 Å². The Kier molecular flexibility index (Phi) is 3.83. The van der Waals surface area contributed by atoms with Crippen LogP contribution >= 0.6 is 0 Å². The largest absolute Gasteiger partial charge is 0.313 e. The zero-order valence-corrected chi connectivity index (χ0v) is 16.4. The Morgan fingerprint density at radius 3 is 2.25 bits per heavy atom. The molecule has 0 aliphatic rings. The number of aromatic nitrogens is 3. The van der Waals surface area contributed by atoms with E-state index in [2.05, 4.69) is 103 Å². The van der Waals surface area contributed by atoms with Gasteiger partial charge in [-0.3, -0.25) is 4.57 Å². The van der Waals surface area contributed by atoms with Gasteiger partial charge in [0.2, 0.25) is 5.95 Å². The predicted octanol–water partition coefficient (Wildman–Crippen LogP) is 5.98. The Morgan fingerprint density at radius 2 is 1.50 bits per heavy atom. The Bertz CT molecular complexity index is 1290. The van der Waals surface area contributed by atoms with Crippen molar-refractivity contribution in [1.82, 2.24) is 14.1 Å². The Labute approximate surface area is 164 Å². The van der Waals surface area contributed by atoms with Crippen molar-refractivity contribution in [3.8, 4) is 5.95 Å². The quantitative estimate of drug-likeness (QED) is 0.386. The van der Waals surface area contributed by atoms with Crippen LogP contribution in [-0.2, 0) is 7.05 Å². The van der Waals surface area contributed by atoms with Crippen LogP contribution in [0.25, 0.3) is 27.9 Å². The summed E-state index contributed by atoms with van der Waals surface area (Å²) < 4.78 is 4.51. The number of hydrogen-bond donors (Lipinski definition) is 0. The smallest absolute Gasteiger partial charge is 0.215 e. The monoisotopic (exact) mass is 365 g/mol. The fraction of sp³-hybridized carbons (Fsp3) is 0.160. The molecule has 138 valence electrons. The summed E-state index contributed by atoms with van der Waals surface area (Å²) in [7, 11) is 2.10. The zero-order valence-electron chi connectivity index (χ0n) is 16.4. The molecule has 1 atom stereocenters. The lowest BCUT2D eigenvalue weighted by Crippen LogP contribution is -2.09. The molecule has 0 aliphatic heterocycles. The number of nitrogens with zero attached hydrogens (tertiary/aromatic N) is 3. The number of imidazole rings is 1. The van der Waals surface area contributed by atoms with Gasteiger partial charge < -0.3 is 4.57 Å². The summed E-state index contributed by atoms with van der Waals surface area (Å²) in [6.45, 7) is 4.41. The summed E-state index contributed by atoms with van der Waals surface area (Å²) in [5, 5.41) is 1.24. The highest BCUT2D eigenvalue weighted by Gasteiger charge is 2.20. The number of hydrogen-bond acceptors (Lipinski definition) is 1. The highest BCUT2D eigenvalue weighted by Crippen LogP contribution is 2.33. The Morgan fingerprint density at radius 1 is 0.821 bits per heavy atom. The molecule has 0 N–H and O–H groups in total. The van der Waals surface area contributed by atoms with Gasteiger partial charge in [-0.05, 0) is 36.8 Å². The molecule has 3 nitrogen and oxygen atoms in total. The van der Waals surface area contributed by atoms with Crippen LogP contribution in [0.5, 0.6) is 0 Å². The second-order valence-electron chi connectivity index (χ2n) is 7.56. The molecule has 0 unspecified atom stereocenters. The topological polar surface area (TPSA) is 22.8 Å². The standard InChI is InChI=1S/C25H23N3/c1-17-12-14-19(15-13-17)18(2)24-16-20-8-4-6-10-22(20)28(24)25-26-21-9-5-7-11-23(21)27(25)3/h4-16,18H,1-3H3/t18-/m0/s1. The van der Waals surface area contributed by atoms with Gasteiger partial charge in [0.05, 0.1) is 16.6 Å². The van der Waals surface area contributed by atoms with Gasteiger partial charge >= 0.3 is 0 Å². The minimum absolute atomic E-state index is 0.257. The van der Waals surface area contributed by atoms with Crippen molar-refractivity contribution in [3.05, 3.63) is 95.7 Å². The maximum Gasteiger partial charge on any atom is 0.215 e. The van der Waals surface area contributed by atoms with E-state index in [1.54, 1.807) is 0 Å². The second kappa shape index (κ2) is 6.38. The third-order valence-corrected chi connectivity index (χ3v) is 5.72. The van der Waals surface area contributed by atoms with Crippen LogP contribution in [0.2, 0.25) is 0 Å². The molecule has 5 aromatic rings.